The summed E-state index contributed by atoms with van der Waals surface area (Å²) in [5.41, 5.74) is 5.19. The lowest BCUT2D eigenvalue weighted by Crippen LogP contribution is -2.12. The summed E-state index contributed by atoms with van der Waals surface area (Å²) in [4.78, 5) is 24.6. The second-order valence-electron chi connectivity index (χ2n) is 5.84. The van der Waals surface area contributed by atoms with Crippen molar-refractivity contribution < 1.29 is 4.79 Å². The molecule has 4 rings (SSSR count). The number of aromatic amines is 1. The summed E-state index contributed by atoms with van der Waals surface area (Å²) in [6.07, 6.45) is 11.4. The highest BCUT2D eigenvalue weighted by molar-refractivity contribution is 6.09. The van der Waals surface area contributed by atoms with Gasteiger partial charge in [-0.05, 0) is 31.7 Å². The molecule has 0 unspecified atom stereocenters. The molecule has 0 bridgehead atoms. The molecule has 1 amide bonds. The topological polar surface area (TPSA) is 88.5 Å². The van der Waals surface area contributed by atoms with E-state index in [1.54, 1.807) is 17.1 Å². The van der Waals surface area contributed by atoms with E-state index >= 15 is 0 Å². The Labute approximate surface area is 139 Å². The highest BCUT2D eigenvalue weighted by Crippen LogP contribution is 2.33. The molecule has 0 atom stereocenters. The summed E-state index contributed by atoms with van der Waals surface area (Å²) < 4.78 is 1.77. The molecule has 3 aromatic rings. The minimum atomic E-state index is -0.158. The average Bonchev–Trinajstić information content (AvgIpc) is 3.18. The molecule has 0 spiro atoms. The Morgan fingerprint density at radius 1 is 1.38 bits per heavy atom. The van der Waals surface area contributed by atoms with Gasteiger partial charge in [0.2, 0.25) is 0 Å². The fourth-order valence-electron chi connectivity index (χ4n) is 3.13. The Bertz CT molecular complexity index is 894. The van der Waals surface area contributed by atoms with E-state index in [0.717, 1.165) is 48.3 Å². The molecule has 122 valence electrons. The molecule has 2 N–H and O–H groups in total. The zero-order valence-electron chi connectivity index (χ0n) is 13.4. The van der Waals surface area contributed by atoms with Gasteiger partial charge >= 0.3 is 0 Å². The summed E-state index contributed by atoms with van der Waals surface area (Å²) in [7, 11) is 0. The maximum absolute atomic E-state index is 12.8. The smallest absolute Gasteiger partial charge is 0.257 e. The Morgan fingerprint density at radius 3 is 3.12 bits per heavy atom. The first-order valence-electron chi connectivity index (χ1n) is 8.09. The molecule has 3 aromatic heterocycles. The molecule has 0 radical (unpaired) electrons. The number of carbonyl (C=O) groups is 1. The summed E-state index contributed by atoms with van der Waals surface area (Å²) in [5.74, 6) is -0.158. The van der Waals surface area contributed by atoms with Crippen LogP contribution in [0, 0.1) is 0 Å². The molecule has 1 aliphatic rings. The van der Waals surface area contributed by atoms with Crippen LogP contribution in [-0.4, -0.2) is 30.6 Å². The van der Waals surface area contributed by atoms with Gasteiger partial charge in [-0.2, -0.15) is 5.10 Å². The summed E-state index contributed by atoms with van der Waals surface area (Å²) in [6.45, 7) is 2.76. The zero-order chi connectivity index (χ0) is 16.5. The number of nitrogens with one attached hydrogen (secondary N) is 2. The van der Waals surface area contributed by atoms with E-state index in [4.69, 9.17) is 0 Å². The maximum Gasteiger partial charge on any atom is 0.257 e. The van der Waals surface area contributed by atoms with Crippen molar-refractivity contribution in [2.45, 2.75) is 32.7 Å². The van der Waals surface area contributed by atoms with E-state index in [-0.39, 0.29) is 5.91 Å². The first-order valence-corrected chi connectivity index (χ1v) is 8.09. The largest absolute Gasteiger partial charge is 0.364 e. The number of hydrogen-bond donors (Lipinski definition) is 2. The molecular weight excluding hydrogens is 304 g/mol. The van der Waals surface area contributed by atoms with Crippen molar-refractivity contribution in [1.29, 1.82) is 0 Å². The molecule has 0 aromatic carbocycles. The van der Waals surface area contributed by atoms with E-state index in [9.17, 15) is 4.79 Å². The highest BCUT2D eigenvalue weighted by atomic mass is 16.1. The van der Waals surface area contributed by atoms with Gasteiger partial charge in [-0.1, -0.05) is 0 Å². The minimum absolute atomic E-state index is 0.158. The van der Waals surface area contributed by atoms with Crippen LogP contribution in [0.4, 0.5) is 5.69 Å². The summed E-state index contributed by atoms with van der Waals surface area (Å²) in [5, 5.41) is 7.10. The zero-order valence-corrected chi connectivity index (χ0v) is 13.4. The fraction of sp³-hybridized carbons (Fsp3) is 0.294. The van der Waals surface area contributed by atoms with E-state index in [2.05, 4.69) is 25.4 Å². The molecule has 0 fully saturated rings. The second kappa shape index (κ2) is 5.92. The average molecular weight is 322 g/mol. The van der Waals surface area contributed by atoms with Crippen molar-refractivity contribution >= 4 is 11.6 Å². The van der Waals surface area contributed by atoms with Crippen LogP contribution in [0.3, 0.4) is 0 Å². The van der Waals surface area contributed by atoms with Gasteiger partial charge in [-0.25, -0.2) is 9.97 Å². The van der Waals surface area contributed by atoms with Gasteiger partial charge in [0, 0.05) is 36.4 Å². The van der Waals surface area contributed by atoms with Crippen LogP contribution in [0.5, 0.6) is 0 Å². The lowest BCUT2D eigenvalue weighted by Gasteiger charge is -2.07. The van der Waals surface area contributed by atoms with Crippen molar-refractivity contribution in [2.24, 2.45) is 0 Å². The molecule has 24 heavy (non-hydrogen) atoms. The van der Waals surface area contributed by atoms with Crippen molar-refractivity contribution in [3.8, 4) is 11.3 Å². The standard InChI is InChI=1S/C17H18N6O/c1-2-23-9-12(7-21-23)22-17(24)13-8-19-14-5-3-4-11-6-18-10-20-16(11)15(13)14/h6-10,19H,2-5H2,1H3,(H,22,24). The van der Waals surface area contributed by atoms with Crippen LogP contribution in [0.1, 0.15) is 35.0 Å². The van der Waals surface area contributed by atoms with Crippen LogP contribution in [0.15, 0.2) is 31.1 Å². The number of nitrogens with zero attached hydrogens (tertiary/aromatic N) is 4. The number of rotatable bonds is 3. The normalized spacial score (nSPS) is 13.0. The Kier molecular flexibility index (Phi) is 3.60. The molecule has 0 saturated heterocycles. The number of amides is 1. The molecule has 3 heterocycles. The SMILES string of the molecule is CCn1cc(NC(=O)c2c[nH]c3c2-c2ncncc2CCC3)cn1. The lowest BCUT2D eigenvalue weighted by molar-refractivity contribution is 0.102. The van der Waals surface area contributed by atoms with Crippen LogP contribution < -0.4 is 5.32 Å². The number of carbonyl (C=O) groups excluding carboxylic acids is 1. The van der Waals surface area contributed by atoms with Gasteiger partial charge in [0.15, 0.2) is 0 Å². The van der Waals surface area contributed by atoms with Crippen LogP contribution in [0.25, 0.3) is 11.3 Å². The minimum Gasteiger partial charge on any atom is -0.364 e. The maximum atomic E-state index is 12.8. The quantitative estimate of drug-likeness (QED) is 0.775. The van der Waals surface area contributed by atoms with Gasteiger partial charge in [0.25, 0.3) is 5.91 Å². The summed E-state index contributed by atoms with van der Waals surface area (Å²) >= 11 is 0. The van der Waals surface area contributed by atoms with E-state index < -0.39 is 0 Å². The third-order valence-corrected chi connectivity index (χ3v) is 4.32. The van der Waals surface area contributed by atoms with Crippen LogP contribution in [0.2, 0.25) is 0 Å². The van der Waals surface area contributed by atoms with Gasteiger partial charge in [0.05, 0.1) is 23.1 Å². The lowest BCUT2D eigenvalue weighted by atomic mass is 10.0. The van der Waals surface area contributed by atoms with E-state index in [1.807, 2.05) is 19.3 Å². The van der Waals surface area contributed by atoms with E-state index in [0.29, 0.717) is 11.3 Å². The predicted octanol–water partition coefficient (Wildman–Crippen LogP) is 2.43. The Hall–Kier alpha value is -2.96. The Balaban J connectivity index is 1.71. The number of anilines is 1. The van der Waals surface area contributed by atoms with Crippen molar-refractivity contribution in [3.63, 3.8) is 0 Å². The van der Waals surface area contributed by atoms with Gasteiger partial charge < -0.3 is 10.3 Å². The molecule has 7 heteroatoms. The predicted molar refractivity (Wildman–Crippen MR) is 89.7 cm³/mol. The molecule has 7 nitrogen and oxygen atoms in total. The Morgan fingerprint density at radius 2 is 2.29 bits per heavy atom. The molecule has 0 aliphatic heterocycles. The third kappa shape index (κ3) is 2.47. The molecular formula is C17H18N6O. The van der Waals surface area contributed by atoms with Gasteiger partial charge in [-0.15, -0.1) is 0 Å². The first kappa shape index (κ1) is 14.6. The van der Waals surface area contributed by atoms with E-state index in [1.165, 1.54) is 6.33 Å². The van der Waals surface area contributed by atoms with Crippen molar-refractivity contribution in [1.82, 2.24) is 24.7 Å². The van der Waals surface area contributed by atoms with Crippen LogP contribution >= 0.6 is 0 Å². The fourth-order valence-corrected chi connectivity index (χ4v) is 3.13. The van der Waals surface area contributed by atoms with Gasteiger partial charge in [-0.3, -0.25) is 9.48 Å². The molecule has 0 saturated carbocycles. The monoisotopic (exact) mass is 322 g/mol. The van der Waals surface area contributed by atoms with Gasteiger partial charge in [0.1, 0.15) is 6.33 Å². The number of aryl methyl sites for hydroxylation is 3. The third-order valence-electron chi connectivity index (χ3n) is 4.32. The first-order chi connectivity index (χ1) is 11.8. The number of H-pyrrole nitrogens is 1. The van der Waals surface area contributed by atoms with Crippen molar-refractivity contribution in [3.05, 3.63) is 47.9 Å². The highest BCUT2D eigenvalue weighted by Gasteiger charge is 2.24. The van der Waals surface area contributed by atoms with Crippen LogP contribution in [-0.2, 0) is 19.4 Å². The number of hydrogen-bond acceptors (Lipinski definition) is 4. The molecule has 1 aliphatic carbocycles. The second-order valence-corrected chi connectivity index (χ2v) is 5.84. The number of fused-ring (bicyclic) bond motifs is 3. The number of aromatic nitrogens is 5. The van der Waals surface area contributed by atoms with Crippen molar-refractivity contribution in [2.75, 3.05) is 5.32 Å². The summed E-state index contributed by atoms with van der Waals surface area (Å²) in [6, 6.07) is 0.